The quantitative estimate of drug-likeness (QED) is 0.219. The highest BCUT2D eigenvalue weighted by atomic mass is 32.2. The molecular weight excluding hydrogens is 486 g/mol. The smallest absolute Gasteiger partial charge is 0.266 e. The van der Waals surface area contributed by atoms with Crippen molar-refractivity contribution in [2.45, 2.75) is 18.9 Å². The van der Waals surface area contributed by atoms with Crippen LogP contribution in [0.15, 0.2) is 18.2 Å². The van der Waals surface area contributed by atoms with Crippen LogP contribution in [0.1, 0.15) is 33.6 Å². The molecule has 2 aliphatic heterocycles. The third-order valence-electron chi connectivity index (χ3n) is 5.29. The number of amides is 5. The molecule has 3 rings (SSSR count). The van der Waals surface area contributed by atoms with Gasteiger partial charge in [-0.15, -0.1) is 0 Å². The Bertz CT molecular complexity index is 1150. The van der Waals surface area contributed by atoms with Crippen LogP contribution >= 0.6 is 0 Å². The first-order valence-corrected chi connectivity index (χ1v) is 12.5. The molecule has 0 radical (unpaired) electrons. The summed E-state index contributed by atoms with van der Waals surface area (Å²) < 4.78 is 36.8. The topological polar surface area (TPSA) is 166 Å². The SMILES string of the molecule is CN1C(=O)CCC(N2C(=O)c3cccc(OCC(=O)NCCOCCOS(C)(=O)=O)c3C2=O)C1=O. The van der Waals surface area contributed by atoms with Gasteiger partial charge in [-0.3, -0.25) is 38.0 Å². The largest absolute Gasteiger partial charge is 0.483 e. The lowest BCUT2D eigenvalue weighted by Crippen LogP contribution is -2.54. The number of piperidine rings is 1. The van der Waals surface area contributed by atoms with Crippen molar-refractivity contribution in [3.05, 3.63) is 29.3 Å². The summed E-state index contributed by atoms with van der Waals surface area (Å²) in [4.78, 5) is 64.0. The van der Waals surface area contributed by atoms with Crippen LogP contribution in [0.4, 0.5) is 0 Å². The molecule has 1 aromatic carbocycles. The maximum Gasteiger partial charge on any atom is 0.266 e. The van der Waals surface area contributed by atoms with Crippen LogP contribution in [0.25, 0.3) is 0 Å². The molecule has 2 heterocycles. The van der Waals surface area contributed by atoms with Crippen LogP contribution in [0.2, 0.25) is 0 Å². The summed E-state index contributed by atoms with van der Waals surface area (Å²) in [6, 6.07) is 3.26. The Labute approximate surface area is 201 Å². The van der Waals surface area contributed by atoms with Gasteiger partial charge in [-0.25, -0.2) is 0 Å². The Morgan fingerprint density at radius 2 is 1.86 bits per heavy atom. The number of carbonyl (C=O) groups is 5. The van der Waals surface area contributed by atoms with Crippen molar-refractivity contribution < 1.29 is 46.0 Å². The third-order valence-corrected chi connectivity index (χ3v) is 5.89. The van der Waals surface area contributed by atoms with Crippen LogP contribution in [0.3, 0.4) is 0 Å². The third kappa shape index (κ3) is 6.21. The van der Waals surface area contributed by atoms with E-state index < -0.39 is 46.4 Å². The van der Waals surface area contributed by atoms with Crippen LogP contribution in [-0.4, -0.2) is 100 Å². The minimum Gasteiger partial charge on any atom is -0.483 e. The first kappa shape index (κ1) is 26.2. The van der Waals surface area contributed by atoms with Gasteiger partial charge in [0.25, 0.3) is 33.7 Å². The van der Waals surface area contributed by atoms with Gasteiger partial charge in [0.05, 0.1) is 37.2 Å². The summed E-state index contributed by atoms with van der Waals surface area (Å²) in [5.74, 6) is -2.92. The van der Waals surface area contributed by atoms with Crippen molar-refractivity contribution in [1.82, 2.24) is 15.1 Å². The molecule has 13 nitrogen and oxygen atoms in total. The van der Waals surface area contributed by atoms with Gasteiger partial charge in [0.15, 0.2) is 6.61 Å². The number of likely N-dealkylation sites (tertiary alicyclic amines) is 1. The standard InChI is InChI=1S/C21H25N3O10S/c1-23-17(26)7-6-14(20(23)28)24-19(27)13-4-3-5-15(18(13)21(24)29)33-12-16(25)22-8-9-32-10-11-34-35(2,30)31/h3-5,14H,6-12H2,1-2H3,(H,22,25). The van der Waals surface area contributed by atoms with Gasteiger partial charge in [0, 0.05) is 20.0 Å². The lowest BCUT2D eigenvalue weighted by Gasteiger charge is -2.32. The van der Waals surface area contributed by atoms with E-state index in [2.05, 4.69) is 9.50 Å². The molecule has 1 atom stereocenters. The molecule has 0 spiro atoms. The summed E-state index contributed by atoms with van der Waals surface area (Å²) in [7, 11) is -2.24. The molecule has 5 amide bonds. The maximum atomic E-state index is 13.1. The average Bonchev–Trinajstić information content (AvgIpc) is 3.05. The van der Waals surface area contributed by atoms with E-state index in [1.54, 1.807) is 0 Å². The Morgan fingerprint density at radius 1 is 1.11 bits per heavy atom. The predicted octanol–water partition coefficient (Wildman–Crippen LogP) is -1.08. The highest BCUT2D eigenvalue weighted by Crippen LogP contribution is 2.34. The second-order valence-corrected chi connectivity index (χ2v) is 9.43. The zero-order valence-electron chi connectivity index (χ0n) is 19.1. The van der Waals surface area contributed by atoms with Crippen molar-refractivity contribution in [1.29, 1.82) is 0 Å². The van der Waals surface area contributed by atoms with Gasteiger partial charge < -0.3 is 14.8 Å². The highest BCUT2D eigenvalue weighted by Gasteiger charge is 2.47. The Hall–Kier alpha value is -3.36. The number of ether oxygens (including phenoxy) is 2. The molecule has 2 aliphatic rings. The molecule has 1 aromatic rings. The summed E-state index contributed by atoms with van der Waals surface area (Å²) >= 11 is 0. The van der Waals surface area contributed by atoms with Gasteiger partial charge in [0.2, 0.25) is 5.91 Å². The number of fused-ring (bicyclic) bond motifs is 1. The Morgan fingerprint density at radius 3 is 2.57 bits per heavy atom. The van der Waals surface area contributed by atoms with E-state index >= 15 is 0 Å². The van der Waals surface area contributed by atoms with Crippen LogP contribution in [-0.2, 0) is 33.4 Å². The molecule has 35 heavy (non-hydrogen) atoms. The van der Waals surface area contributed by atoms with E-state index in [9.17, 15) is 32.4 Å². The van der Waals surface area contributed by atoms with Gasteiger partial charge >= 0.3 is 0 Å². The summed E-state index contributed by atoms with van der Waals surface area (Å²) in [5.41, 5.74) is -0.00293. The van der Waals surface area contributed by atoms with Gasteiger partial charge in [0.1, 0.15) is 11.8 Å². The molecule has 1 saturated heterocycles. The van der Waals surface area contributed by atoms with Crippen LogP contribution < -0.4 is 10.1 Å². The molecular formula is C21H25N3O10S. The highest BCUT2D eigenvalue weighted by molar-refractivity contribution is 7.85. The van der Waals surface area contributed by atoms with Crippen LogP contribution in [0.5, 0.6) is 5.75 Å². The van der Waals surface area contributed by atoms with Crippen molar-refractivity contribution in [3.63, 3.8) is 0 Å². The molecule has 0 bridgehead atoms. The lowest BCUT2D eigenvalue weighted by atomic mass is 10.0. The second-order valence-electron chi connectivity index (χ2n) is 7.78. The number of hydrogen-bond donors (Lipinski definition) is 1. The molecule has 190 valence electrons. The zero-order valence-corrected chi connectivity index (χ0v) is 20.0. The molecule has 14 heteroatoms. The molecule has 1 N–H and O–H groups in total. The van der Waals surface area contributed by atoms with Crippen LogP contribution in [0, 0.1) is 0 Å². The number of rotatable bonds is 11. The van der Waals surface area contributed by atoms with Crippen molar-refractivity contribution in [3.8, 4) is 5.75 Å². The second kappa shape index (κ2) is 10.9. The monoisotopic (exact) mass is 511 g/mol. The Balaban J connectivity index is 1.54. The van der Waals surface area contributed by atoms with Crippen molar-refractivity contribution >= 4 is 39.7 Å². The average molecular weight is 512 g/mol. The van der Waals surface area contributed by atoms with Gasteiger partial charge in [-0.1, -0.05) is 6.07 Å². The van der Waals surface area contributed by atoms with Gasteiger partial charge in [-0.05, 0) is 18.6 Å². The fourth-order valence-corrected chi connectivity index (χ4v) is 3.99. The normalized spacial score (nSPS) is 18.2. The van der Waals surface area contributed by atoms with Crippen molar-refractivity contribution in [2.24, 2.45) is 0 Å². The number of nitrogens with one attached hydrogen (secondary N) is 1. The van der Waals surface area contributed by atoms with E-state index in [-0.39, 0.29) is 62.0 Å². The minimum atomic E-state index is -3.54. The molecule has 1 unspecified atom stereocenters. The van der Waals surface area contributed by atoms with E-state index in [0.29, 0.717) is 0 Å². The molecule has 0 saturated carbocycles. The molecule has 0 aromatic heterocycles. The predicted molar refractivity (Wildman–Crippen MR) is 118 cm³/mol. The van der Waals surface area contributed by atoms with E-state index in [1.165, 1.54) is 25.2 Å². The summed E-state index contributed by atoms with van der Waals surface area (Å²) in [5, 5.41) is 2.53. The van der Waals surface area contributed by atoms with E-state index in [1.807, 2.05) is 0 Å². The minimum absolute atomic E-state index is 0.0142. The van der Waals surface area contributed by atoms with E-state index in [4.69, 9.17) is 9.47 Å². The van der Waals surface area contributed by atoms with Gasteiger partial charge in [-0.2, -0.15) is 8.42 Å². The zero-order chi connectivity index (χ0) is 25.8. The number of nitrogens with zero attached hydrogens (tertiary/aromatic N) is 2. The number of imide groups is 2. The molecule has 0 aliphatic carbocycles. The van der Waals surface area contributed by atoms with E-state index in [0.717, 1.165) is 16.1 Å². The number of hydrogen-bond acceptors (Lipinski definition) is 10. The summed E-state index contributed by atoms with van der Waals surface area (Å²) in [6.45, 7) is -0.342. The molecule has 1 fully saturated rings. The first-order chi connectivity index (χ1) is 16.5. The Kier molecular flexibility index (Phi) is 8.19. The fraction of sp³-hybridized carbons (Fsp3) is 0.476. The number of likely N-dealkylation sites (N-methyl/N-ethyl adjacent to an activating group) is 1. The number of benzene rings is 1. The first-order valence-electron chi connectivity index (χ1n) is 10.6. The fourth-order valence-electron chi connectivity index (χ4n) is 3.62. The summed E-state index contributed by atoms with van der Waals surface area (Å²) in [6.07, 6.45) is 0.986. The lowest BCUT2D eigenvalue weighted by molar-refractivity contribution is -0.149. The maximum absolute atomic E-state index is 13.1. The number of carbonyl (C=O) groups excluding carboxylic acids is 5. The van der Waals surface area contributed by atoms with Crippen molar-refractivity contribution in [2.75, 3.05) is 46.3 Å².